The molecule has 0 atom stereocenters. The van der Waals surface area contributed by atoms with Gasteiger partial charge in [0.1, 0.15) is 5.56 Å². The molecule has 0 heterocycles. The molecule has 0 aliphatic heterocycles. The van der Waals surface area contributed by atoms with E-state index in [0.29, 0.717) is 0 Å². The predicted molar refractivity (Wildman–Crippen MR) is 63.6 cm³/mol. The van der Waals surface area contributed by atoms with Crippen LogP contribution in [0.15, 0.2) is 18.2 Å². The number of carbonyl (C=O) groups excluding carboxylic acids is 1. The van der Waals surface area contributed by atoms with Crippen LogP contribution in [-0.2, 0) is 0 Å². The van der Waals surface area contributed by atoms with Crippen molar-refractivity contribution in [1.82, 2.24) is 5.32 Å². The highest BCUT2D eigenvalue weighted by molar-refractivity contribution is 6.34. The van der Waals surface area contributed by atoms with Crippen molar-refractivity contribution in [3.05, 3.63) is 28.8 Å². The fourth-order valence-corrected chi connectivity index (χ4v) is 1.67. The van der Waals surface area contributed by atoms with Gasteiger partial charge in [0.25, 0.3) is 0 Å². The van der Waals surface area contributed by atoms with Crippen LogP contribution in [-0.4, -0.2) is 23.1 Å². The number of amides is 2. The van der Waals surface area contributed by atoms with Crippen LogP contribution in [0.1, 0.15) is 23.2 Å². The number of halogens is 1. The van der Waals surface area contributed by atoms with E-state index in [9.17, 15) is 9.59 Å². The molecule has 1 aromatic carbocycles. The molecule has 1 aliphatic rings. The minimum atomic E-state index is -1.17. The van der Waals surface area contributed by atoms with Crippen LogP contribution < -0.4 is 10.6 Å². The van der Waals surface area contributed by atoms with Crippen molar-refractivity contribution in [2.45, 2.75) is 18.9 Å². The molecule has 2 rings (SSSR count). The second-order valence-corrected chi connectivity index (χ2v) is 4.25. The first-order valence-corrected chi connectivity index (χ1v) is 5.55. The van der Waals surface area contributed by atoms with Crippen molar-refractivity contribution in [3.8, 4) is 0 Å². The van der Waals surface area contributed by atoms with E-state index in [-0.39, 0.29) is 22.3 Å². The Morgan fingerprint density at radius 1 is 1.35 bits per heavy atom. The minimum absolute atomic E-state index is 0.0971. The minimum Gasteiger partial charge on any atom is -0.478 e. The number of aromatic carboxylic acids is 1. The Balaban J connectivity index is 2.16. The highest BCUT2D eigenvalue weighted by atomic mass is 35.5. The van der Waals surface area contributed by atoms with Crippen LogP contribution >= 0.6 is 11.6 Å². The summed E-state index contributed by atoms with van der Waals surface area (Å²) in [6.45, 7) is 0. The Hall–Kier alpha value is -1.75. The molecule has 0 spiro atoms. The number of carbonyl (C=O) groups is 2. The number of nitrogens with one attached hydrogen (secondary N) is 2. The van der Waals surface area contributed by atoms with E-state index in [1.165, 1.54) is 12.1 Å². The van der Waals surface area contributed by atoms with E-state index in [1.807, 2.05) is 0 Å². The number of anilines is 1. The van der Waals surface area contributed by atoms with Gasteiger partial charge in [0.15, 0.2) is 0 Å². The maximum absolute atomic E-state index is 11.5. The first-order chi connectivity index (χ1) is 8.08. The van der Waals surface area contributed by atoms with Gasteiger partial charge >= 0.3 is 12.0 Å². The number of carboxylic acids is 1. The second kappa shape index (κ2) is 4.63. The molecule has 2 amide bonds. The summed E-state index contributed by atoms with van der Waals surface area (Å²) in [5.41, 5.74) is 0.100. The summed E-state index contributed by atoms with van der Waals surface area (Å²) in [6.07, 6.45) is 1.93. The maximum Gasteiger partial charge on any atom is 0.339 e. The largest absolute Gasteiger partial charge is 0.478 e. The van der Waals surface area contributed by atoms with Crippen LogP contribution in [0.5, 0.6) is 0 Å². The number of carboxylic acid groups (broad SMARTS) is 1. The van der Waals surface area contributed by atoms with Crippen LogP contribution in [0.25, 0.3) is 0 Å². The highest BCUT2D eigenvalue weighted by Crippen LogP contribution is 2.25. The number of hydrogen-bond donors (Lipinski definition) is 3. The highest BCUT2D eigenvalue weighted by Gasteiger charge is 2.24. The standard InChI is InChI=1S/C11H11ClN2O3/c12-7-2-1-3-8(9(7)10(15)16)14-11(17)13-6-4-5-6/h1-3,6H,4-5H2,(H,15,16)(H2,13,14,17). The first-order valence-electron chi connectivity index (χ1n) is 5.17. The van der Waals surface area contributed by atoms with Gasteiger partial charge in [-0.05, 0) is 25.0 Å². The number of hydrogen-bond acceptors (Lipinski definition) is 2. The van der Waals surface area contributed by atoms with Crippen molar-refractivity contribution in [1.29, 1.82) is 0 Å². The molecule has 5 nitrogen and oxygen atoms in total. The van der Waals surface area contributed by atoms with Crippen molar-refractivity contribution in [3.63, 3.8) is 0 Å². The lowest BCUT2D eigenvalue weighted by Gasteiger charge is -2.10. The van der Waals surface area contributed by atoms with Crippen molar-refractivity contribution < 1.29 is 14.7 Å². The van der Waals surface area contributed by atoms with Gasteiger partial charge in [-0.2, -0.15) is 0 Å². The predicted octanol–water partition coefficient (Wildman–Crippen LogP) is 2.32. The van der Waals surface area contributed by atoms with Gasteiger partial charge in [0.2, 0.25) is 0 Å². The number of benzene rings is 1. The lowest BCUT2D eigenvalue weighted by molar-refractivity contribution is 0.0698. The molecule has 0 aromatic heterocycles. The normalized spacial score (nSPS) is 14.2. The summed E-state index contributed by atoms with van der Waals surface area (Å²) in [5, 5.41) is 14.3. The Bertz CT molecular complexity index is 472. The maximum atomic E-state index is 11.5. The molecule has 90 valence electrons. The lowest BCUT2D eigenvalue weighted by Crippen LogP contribution is -2.31. The smallest absolute Gasteiger partial charge is 0.339 e. The molecule has 1 aromatic rings. The molecule has 3 N–H and O–H groups in total. The molecule has 6 heteroatoms. The van der Waals surface area contributed by atoms with Gasteiger partial charge in [-0.3, -0.25) is 0 Å². The summed E-state index contributed by atoms with van der Waals surface area (Å²) in [5.74, 6) is -1.17. The molecular formula is C11H11ClN2O3. The van der Waals surface area contributed by atoms with Crippen molar-refractivity contribution in [2.75, 3.05) is 5.32 Å². The van der Waals surface area contributed by atoms with Crippen molar-refractivity contribution in [2.24, 2.45) is 0 Å². The fourth-order valence-electron chi connectivity index (χ4n) is 1.42. The summed E-state index contributed by atoms with van der Waals surface area (Å²) < 4.78 is 0. The lowest BCUT2D eigenvalue weighted by atomic mass is 10.2. The fraction of sp³-hybridized carbons (Fsp3) is 0.273. The van der Waals surface area contributed by atoms with Gasteiger partial charge in [-0.1, -0.05) is 17.7 Å². The molecule has 1 aliphatic carbocycles. The van der Waals surface area contributed by atoms with Crippen molar-refractivity contribution >= 4 is 29.3 Å². The monoisotopic (exact) mass is 254 g/mol. The van der Waals surface area contributed by atoms with Crippen LogP contribution in [0.3, 0.4) is 0 Å². The average Bonchev–Trinajstić information content (AvgIpc) is 3.00. The topological polar surface area (TPSA) is 78.4 Å². The third-order valence-corrected chi connectivity index (χ3v) is 2.70. The number of rotatable bonds is 3. The molecular weight excluding hydrogens is 244 g/mol. The van der Waals surface area contributed by atoms with E-state index in [2.05, 4.69) is 10.6 Å². The van der Waals surface area contributed by atoms with Crippen LogP contribution in [0, 0.1) is 0 Å². The number of urea groups is 1. The second-order valence-electron chi connectivity index (χ2n) is 3.84. The van der Waals surface area contributed by atoms with E-state index >= 15 is 0 Å². The van der Waals surface area contributed by atoms with E-state index in [0.717, 1.165) is 12.8 Å². The molecule has 0 unspecified atom stereocenters. The zero-order valence-electron chi connectivity index (χ0n) is 8.87. The van der Waals surface area contributed by atoms with E-state index in [4.69, 9.17) is 16.7 Å². The van der Waals surface area contributed by atoms with Crippen LogP contribution in [0.4, 0.5) is 10.5 Å². The third kappa shape index (κ3) is 2.88. The van der Waals surface area contributed by atoms with Gasteiger partial charge in [-0.15, -0.1) is 0 Å². The zero-order chi connectivity index (χ0) is 12.4. The Kier molecular flexibility index (Phi) is 3.19. The summed E-state index contributed by atoms with van der Waals surface area (Å²) in [7, 11) is 0. The molecule has 0 saturated heterocycles. The van der Waals surface area contributed by atoms with Crippen LogP contribution in [0.2, 0.25) is 5.02 Å². The molecule has 1 saturated carbocycles. The molecule has 0 radical (unpaired) electrons. The summed E-state index contributed by atoms with van der Waals surface area (Å²) >= 11 is 5.77. The SMILES string of the molecule is O=C(Nc1cccc(Cl)c1C(=O)O)NC1CC1. The Morgan fingerprint density at radius 2 is 2.06 bits per heavy atom. The summed E-state index contributed by atoms with van der Waals surface area (Å²) in [4.78, 5) is 22.5. The van der Waals surface area contributed by atoms with E-state index in [1.54, 1.807) is 6.07 Å². The zero-order valence-corrected chi connectivity index (χ0v) is 9.62. The Morgan fingerprint density at radius 3 is 2.65 bits per heavy atom. The molecule has 1 fully saturated rings. The van der Waals surface area contributed by atoms with Gasteiger partial charge in [-0.25, -0.2) is 9.59 Å². The van der Waals surface area contributed by atoms with Gasteiger partial charge in [0.05, 0.1) is 10.7 Å². The quantitative estimate of drug-likeness (QED) is 0.775. The van der Waals surface area contributed by atoms with Gasteiger partial charge in [0, 0.05) is 6.04 Å². The third-order valence-electron chi connectivity index (χ3n) is 2.39. The molecule has 0 bridgehead atoms. The Labute approximate surface area is 103 Å². The average molecular weight is 255 g/mol. The van der Waals surface area contributed by atoms with E-state index < -0.39 is 12.0 Å². The van der Waals surface area contributed by atoms with Gasteiger partial charge < -0.3 is 15.7 Å². The molecule has 17 heavy (non-hydrogen) atoms. The summed E-state index contributed by atoms with van der Waals surface area (Å²) in [6, 6.07) is 4.36. The first kappa shape index (κ1) is 11.7.